The number of nitrogen functional groups attached to an aromatic ring is 1. The van der Waals surface area contributed by atoms with Gasteiger partial charge in [0.2, 0.25) is 0 Å². The van der Waals surface area contributed by atoms with Crippen LogP contribution in [0.1, 0.15) is 23.6 Å². The molecule has 0 atom stereocenters. The molecule has 128 valence electrons. The van der Waals surface area contributed by atoms with Crippen molar-refractivity contribution in [1.82, 2.24) is 4.98 Å². The van der Waals surface area contributed by atoms with Gasteiger partial charge in [-0.05, 0) is 31.2 Å². The molecule has 2 aromatic rings. The maximum atomic E-state index is 8.96. The molecule has 0 saturated carbocycles. The highest BCUT2D eigenvalue weighted by Gasteiger charge is 2.11. The van der Waals surface area contributed by atoms with Crippen LogP contribution in [-0.2, 0) is 0 Å². The van der Waals surface area contributed by atoms with Gasteiger partial charge in [0.1, 0.15) is 11.6 Å². The van der Waals surface area contributed by atoms with E-state index in [9.17, 15) is 0 Å². The number of aliphatic imine (C=N–C) groups is 1. The van der Waals surface area contributed by atoms with E-state index in [0.29, 0.717) is 33.9 Å². The smallest absolute Gasteiger partial charge is 0.123 e. The number of nitriles is 1. The van der Waals surface area contributed by atoms with Crippen LogP contribution in [-0.4, -0.2) is 10.7 Å². The Hall–Kier alpha value is -4.03. The Labute approximate surface area is 152 Å². The zero-order chi connectivity index (χ0) is 19.1. The first-order valence-corrected chi connectivity index (χ1v) is 7.64. The van der Waals surface area contributed by atoms with Gasteiger partial charge in [-0.25, -0.2) is 9.98 Å². The van der Waals surface area contributed by atoms with Gasteiger partial charge in [0.25, 0.3) is 0 Å². The summed E-state index contributed by atoms with van der Waals surface area (Å²) in [6.07, 6.45) is 1.58. The van der Waals surface area contributed by atoms with Gasteiger partial charge in [0, 0.05) is 23.0 Å². The summed E-state index contributed by atoms with van der Waals surface area (Å²) in [5.41, 5.74) is 20.7. The molecule has 0 aliphatic carbocycles. The zero-order valence-corrected chi connectivity index (χ0v) is 14.3. The van der Waals surface area contributed by atoms with Crippen LogP contribution in [0, 0.1) is 23.2 Å². The summed E-state index contributed by atoms with van der Waals surface area (Å²) in [4.78, 5) is 8.30. The molecule has 2 rings (SSSR count). The standard InChI is InChI=1S/C20H18N6/c1-13(22)18(9-5-16-6-10-19(24)25-12-16)20(26-14(2)23)17-7-3-15(11-21)4-8-17/h3-4,6-8,10,12H,2,22-23H2,1H3,(H2,24,25)/b18-13-,26-20?. The van der Waals surface area contributed by atoms with E-state index in [1.165, 1.54) is 0 Å². The fourth-order valence-corrected chi connectivity index (χ4v) is 2.07. The highest BCUT2D eigenvalue weighted by molar-refractivity contribution is 6.16. The van der Waals surface area contributed by atoms with Gasteiger partial charge < -0.3 is 17.2 Å². The van der Waals surface area contributed by atoms with E-state index in [-0.39, 0.29) is 5.82 Å². The van der Waals surface area contributed by atoms with Gasteiger partial charge in [-0.3, -0.25) is 0 Å². The SMILES string of the molecule is C=C(N)N=C(/C(C#Cc1ccc(N)nc1)=C(/C)N)c1ccc(C#N)cc1. The second-order valence-electron chi connectivity index (χ2n) is 5.42. The van der Waals surface area contributed by atoms with Gasteiger partial charge in [-0.15, -0.1) is 0 Å². The van der Waals surface area contributed by atoms with Crippen molar-refractivity contribution in [1.29, 1.82) is 5.26 Å². The van der Waals surface area contributed by atoms with Crippen molar-refractivity contribution >= 4 is 11.5 Å². The number of nitrogens with two attached hydrogens (primary N) is 3. The molecule has 6 nitrogen and oxygen atoms in total. The van der Waals surface area contributed by atoms with Gasteiger partial charge in [0.15, 0.2) is 0 Å². The van der Waals surface area contributed by atoms with E-state index < -0.39 is 0 Å². The minimum absolute atomic E-state index is 0.124. The molecular weight excluding hydrogens is 324 g/mol. The molecule has 0 bridgehead atoms. The molecule has 0 spiro atoms. The number of hydrogen-bond donors (Lipinski definition) is 3. The normalized spacial score (nSPS) is 11.6. The van der Waals surface area contributed by atoms with Crippen molar-refractivity contribution in [2.24, 2.45) is 16.5 Å². The van der Waals surface area contributed by atoms with Crippen LogP contribution in [0.15, 0.2) is 71.3 Å². The molecule has 0 radical (unpaired) electrons. The summed E-state index contributed by atoms with van der Waals surface area (Å²) in [5, 5.41) is 8.96. The van der Waals surface area contributed by atoms with E-state index in [1.54, 1.807) is 49.5 Å². The molecular formula is C20H18N6. The average molecular weight is 342 g/mol. The van der Waals surface area contributed by atoms with Crippen LogP contribution in [0.3, 0.4) is 0 Å². The number of pyridine rings is 1. The highest BCUT2D eigenvalue weighted by Crippen LogP contribution is 2.14. The Bertz CT molecular complexity index is 974. The Morgan fingerprint density at radius 3 is 2.27 bits per heavy atom. The Morgan fingerprint density at radius 1 is 1.12 bits per heavy atom. The summed E-state index contributed by atoms with van der Waals surface area (Å²) in [6, 6.07) is 12.4. The largest absolute Gasteiger partial charge is 0.401 e. The highest BCUT2D eigenvalue weighted by atomic mass is 14.9. The summed E-state index contributed by atoms with van der Waals surface area (Å²) in [6.45, 7) is 5.35. The third-order valence-corrected chi connectivity index (χ3v) is 3.29. The van der Waals surface area contributed by atoms with Crippen LogP contribution >= 0.6 is 0 Å². The number of allylic oxidation sites excluding steroid dienone is 2. The third kappa shape index (κ3) is 4.73. The first-order chi connectivity index (χ1) is 12.4. The number of aromatic nitrogens is 1. The molecule has 26 heavy (non-hydrogen) atoms. The van der Waals surface area contributed by atoms with Crippen LogP contribution in [0.2, 0.25) is 0 Å². The van der Waals surface area contributed by atoms with Crippen molar-refractivity contribution in [2.45, 2.75) is 6.92 Å². The monoisotopic (exact) mass is 342 g/mol. The van der Waals surface area contributed by atoms with Crippen molar-refractivity contribution in [3.05, 3.63) is 83.0 Å². The summed E-state index contributed by atoms with van der Waals surface area (Å²) in [7, 11) is 0. The molecule has 0 saturated heterocycles. The maximum absolute atomic E-state index is 8.96. The second-order valence-corrected chi connectivity index (χ2v) is 5.42. The topological polar surface area (TPSA) is 127 Å². The Morgan fingerprint density at radius 2 is 1.77 bits per heavy atom. The molecule has 1 aromatic heterocycles. The van der Waals surface area contributed by atoms with E-state index in [0.717, 1.165) is 5.56 Å². The summed E-state index contributed by atoms with van der Waals surface area (Å²) >= 11 is 0. The minimum atomic E-state index is 0.124. The number of hydrogen-bond acceptors (Lipinski definition) is 6. The molecule has 0 aliphatic heterocycles. The Kier molecular flexibility index (Phi) is 5.76. The zero-order valence-electron chi connectivity index (χ0n) is 14.3. The molecule has 1 aromatic carbocycles. The fraction of sp³-hybridized carbons (Fsp3) is 0.0500. The molecule has 0 fully saturated rings. The van der Waals surface area contributed by atoms with Gasteiger partial charge in [0.05, 0.1) is 22.9 Å². The first-order valence-electron chi connectivity index (χ1n) is 7.64. The minimum Gasteiger partial charge on any atom is -0.401 e. The quantitative estimate of drug-likeness (QED) is 0.581. The predicted molar refractivity (Wildman–Crippen MR) is 103 cm³/mol. The van der Waals surface area contributed by atoms with E-state index in [4.69, 9.17) is 22.5 Å². The molecule has 6 N–H and O–H groups in total. The number of anilines is 1. The molecule has 0 unspecified atom stereocenters. The third-order valence-electron chi connectivity index (χ3n) is 3.29. The van der Waals surface area contributed by atoms with Crippen molar-refractivity contribution in [3.63, 3.8) is 0 Å². The Balaban J connectivity index is 2.53. The number of nitrogens with zero attached hydrogens (tertiary/aromatic N) is 3. The van der Waals surface area contributed by atoms with Crippen LogP contribution in [0.5, 0.6) is 0 Å². The van der Waals surface area contributed by atoms with Gasteiger partial charge >= 0.3 is 0 Å². The summed E-state index contributed by atoms with van der Waals surface area (Å²) in [5.74, 6) is 6.55. The van der Waals surface area contributed by atoms with E-state index >= 15 is 0 Å². The van der Waals surface area contributed by atoms with Crippen molar-refractivity contribution in [3.8, 4) is 17.9 Å². The molecule has 6 heteroatoms. The van der Waals surface area contributed by atoms with Gasteiger partial charge in [-0.1, -0.05) is 30.6 Å². The van der Waals surface area contributed by atoms with Crippen molar-refractivity contribution < 1.29 is 0 Å². The van der Waals surface area contributed by atoms with Gasteiger partial charge in [-0.2, -0.15) is 5.26 Å². The lowest BCUT2D eigenvalue weighted by molar-refractivity contribution is 1.24. The van der Waals surface area contributed by atoms with Crippen LogP contribution in [0.4, 0.5) is 5.82 Å². The van der Waals surface area contributed by atoms with Crippen LogP contribution in [0.25, 0.3) is 0 Å². The lowest BCUT2D eigenvalue weighted by atomic mass is 9.99. The average Bonchev–Trinajstić information content (AvgIpc) is 2.62. The maximum Gasteiger partial charge on any atom is 0.123 e. The lowest BCUT2D eigenvalue weighted by Crippen LogP contribution is -2.12. The lowest BCUT2D eigenvalue weighted by Gasteiger charge is -2.09. The first kappa shape index (κ1) is 18.3. The second kappa shape index (κ2) is 8.18. The van der Waals surface area contributed by atoms with E-state index in [1.807, 2.05) is 0 Å². The predicted octanol–water partition coefficient (Wildman–Crippen LogP) is 2.04. The molecule has 0 aliphatic rings. The van der Waals surface area contributed by atoms with Crippen molar-refractivity contribution in [2.75, 3.05) is 5.73 Å². The molecule has 1 heterocycles. The van der Waals surface area contributed by atoms with E-state index in [2.05, 4.69) is 34.5 Å². The summed E-state index contributed by atoms with van der Waals surface area (Å²) < 4.78 is 0. The number of rotatable bonds is 3. The fourth-order valence-electron chi connectivity index (χ4n) is 2.07. The van der Waals surface area contributed by atoms with Crippen LogP contribution < -0.4 is 17.2 Å². The molecule has 0 amide bonds. The number of benzene rings is 1.